The highest BCUT2D eigenvalue weighted by atomic mass is 16.6. The molecule has 0 bridgehead atoms. The van der Waals surface area contributed by atoms with Crippen molar-refractivity contribution < 1.29 is 28.6 Å². The third kappa shape index (κ3) is 42.0. The molecule has 0 spiro atoms. The molecule has 0 aromatic carbocycles. The molecule has 0 amide bonds. The molecule has 0 aliphatic rings. The highest BCUT2D eigenvalue weighted by Crippen LogP contribution is 2.13. The van der Waals surface area contributed by atoms with Crippen LogP contribution in [-0.4, -0.2) is 37.2 Å². The highest BCUT2D eigenvalue weighted by molar-refractivity contribution is 5.71. The number of esters is 3. The Morgan fingerprint density at radius 3 is 1.09 bits per heavy atom. The van der Waals surface area contributed by atoms with E-state index in [0.717, 1.165) is 109 Å². The maximum atomic E-state index is 12.5. The van der Waals surface area contributed by atoms with Gasteiger partial charge in [-0.2, -0.15) is 0 Å². The number of rotatable bonds is 40. The number of hydrogen-bond acceptors (Lipinski definition) is 6. The summed E-state index contributed by atoms with van der Waals surface area (Å²) >= 11 is 0. The summed E-state index contributed by atoms with van der Waals surface area (Å²) in [6.07, 6.45) is 55.2. The van der Waals surface area contributed by atoms with E-state index in [-0.39, 0.29) is 31.1 Å². The quantitative estimate of drug-likeness (QED) is 0.0267. The predicted molar refractivity (Wildman–Crippen MR) is 238 cm³/mol. The van der Waals surface area contributed by atoms with E-state index in [1.165, 1.54) is 57.8 Å². The molecule has 6 nitrogen and oxygen atoms in total. The van der Waals surface area contributed by atoms with Crippen molar-refractivity contribution in [3.63, 3.8) is 0 Å². The Bertz CT molecular complexity index is 1080. The maximum Gasteiger partial charge on any atom is 0.306 e. The van der Waals surface area contributed by atoms with Crippen LogP contribution < -0.4 is 0 Å². The largest absolute Gasteiger partial charge is 0.462 e. The van der Waals surface area contributed by atoms with E-state index >= 15 is 0 Å². The normalized spacial score (nSPS) is 12.7. The molecule has 0 heterocycles. The Morgan fingerprint density at radius 2 is 0.696 bits per heavy atom. The molecule has 0 saturated carbocycles. The number of carbonyl (C=O) groups excluding carboxylic acids is 3. The summed E-state index contributed by atoms with van der Waals surface area (Å²) in [6.45, 7) is 6.35. The van der Waals surface area contributed by atoms with Gasteiger partial charge >= 0.3 is 17.9 Å². The molecular formula is C50H84O6. The van der Waals surface area contributed by atoms with E-state index in [4.69, 9.17) is 14.2 Å². The van der Waals surface area contributed by atoms with Gasteiger partial charge in [-0.05, 0) is 70.6 Å². The van der Waals surface area contributed by atoms with E-state index < -0.39 is 6.10 Å². The lowest BCUT2D eigenvalue weighted by Crippen LogP contribution is -2.30. The first-order chi connectivity index (χ1) is 27.5. The molecule has 56 heavy (non-hydrogen) atoms. The van der Waals surface area contributed by atoms with Gasteiger partial charge in [0.15, 0.2) is 6.10 Å². The van der Waals surface area contributed by atoms with Gasteiger partial charge in [-0.15, -0.1) is 0 Å². The molecule has 1 atom stereocenters. The minimum Gasteiger partial charge on any atom is -0.462 e. The van der Waals surface area contributed by atoms with Gasteiger partial charge in [0.05, 0.1) is 0 Å². The first-order valence-electron chi connectivity index (χ1n) is 22.9. The highest BCUT2D eigenvalue weighted by Gasteiger charge is 2.19. The van der Waals surface area contributed by atoms with Crippen LogP contribution in [0.4, 0.5) is 0 Å². The van der Waals surface area contributed by atoms with Crippen LogP contribution in [0.1, 0.15) is 207 Å². The molecule has 0 aromatic heterocycles. The van der Waals surface area contributed by atoms with Crippen LogP contribution in [0.25, 0.3) is 0 Å². The first kappa shape index (κ1) is 52.9. The van der Waals surface area contributed by atoms with Crippen molar-refractivity contribution in [2.75, 3.05) is 13.2 Å². The predicted octanol–water partition coefficient (Wildman–Crippen LogP) is 14.7. The van der Waals surface area contributed by atoms with Crippen LogP contribution in [0.3, 0.4) is 0 Å². The molecule has 320 valence electrons. The summed E-state index contributed by atoms with van der Waals surface area (Å²) in [5.41, 5.74) is 0. The molecule has 0 aromatic rings. The fourth-order valence-electron chi connectivity index (χ4n) is 6.03. The second-order valence-electron chi connectivity index (χ2n) is 14.9. The van der Waals surface area contributed by atoms with Gasteiger partial charge in [0.2, 0.25) is 0 Å². The van der Waals surface area contributed by atoms with E-state index in [2.05, 4.69) is 93.7 Å². The van der Waals surface area contributed by atoms with Crippen molar-refractivity contribution in [1.29, 1.82) is 0 Å². The minimum absolute atomic E-state index is 0.0787. The molecular weight excluding hydrogens is 697 g/mol. The van der Waals surface area contributed by atoms with E-state index in [9.17, 15) is 14.4 Å². The Balaban J connectivity index is 4.00. The SMILES string of the molecule is CC/C=C\C/C=C\C/C=C\C/C=C\C/C=C\C/C=C\CCCCCCCCCCC(=O)OCC(COC(=O)CCCCCCC)OC(=O)CCCCCCCC. The van der Waals surface area contributed by atoms with E-state index in [1.807, 2.05) is 0 Å². The third-order valence-corrected chi connectivity index (χ3v) is 9.48. The minimum atomic E-state index is -0.769. The zero-order valence-electron chi connectivity index (χ0n) is 36.4. The topological polar surface area (TPSA) is 78.9 Å². The summed E-state index contributed by atoms with van der Waals surface area (Å²) < 4.78 is 16.5. The van der Waals surface area contributed by atoms with Gasteiger partial charge in [0.1, 0.15) is 13.2 Å². The van der Waals surface area contributed by atoms with Crippen LogP contribution in [0.2, 0.25) is 0 Å². The summed E-state index contributed by atoms with van der Waals surface area (Å²) in [5.74, 6) is -0.917. The van der Waals surface area contributed by atoms with E-state index in [1.54, 1.807) is 0 Å². The van der Waals surface area contributed by atoms with Gasteiger partial charge in [0, 0.05) is 19.3 Å². The Labute approximate surface area is 344 Å². The fraction of sp³-hybridized carbons (Fsp3) is 0.700. The molecule has 0 rings (SSSR count). The number of hydrogen-bond donors (Lipinski definition) is 0. The summed E-state index contributed by atoms with van der Waals surface area (Å²) in [6, 6.07) is 0. The van der Waals surface area contributed by atoms with Crippen molar-refractivity contribution >= 4 is 17.9 Å². The number of unbranched alkanes of at least 4 members (excludes halogenated alkanes) is 17. The summed E-state index contributed by atoms with van der Waals surface area (Å²) in [4.78, 5) is 37.2. The Hall–Kier alpha value is -3.15. The maximum absolute atomic E-state index is 12.5. The number of carbonyl (C=O) groups is 3. The van der Waals surface area contributed by atoms with Gasteiger partial charge in [-0.3, -0.25) is 14.4 Å². The van der Waals surface area contributed by atoms with Gasteiger partial charge < -0.3 is 14.2 Å². The number of ether oxygens (including phenoxy) is 3. The van der Waals surface area contributed by atoms with Crippen LogP contribution in [0.15, 0.2) is 72.9 Å². The van der Waals surface area contributed by atoms with Crippen molar-refractivity contribution in [2.24, 2.45) is 0 Å². The third-order valence-electron chi connectivity index (χ3n) is 9.48. The molecule has 1 unspecified atom stereocenters. The smallest absolute Gasteiger partial charge is 0.306 e. The van der Waals surface area contributed by atoms with Crippen molar-refractivity contribution in [1.82, 2.24) is 0 Å². The lowest BCUT2D eigenvalue weighted by molar-refractivity contribution is -0.167. The van der Waals surface area contributed by atoms with E-state index in [0.29, 0.717) is 19.3 Å². The first-order valence-corrected chi connectivity index (χ1v) is 22.9. The molecule has 0 radical (unpaired) electrons. The molecule has 6 heteroatoms. The molecule has 0 fully saturated rings. The summed E-state index contributed by atoms with van der Waals surface area (Å²) in [7, 11) is 0. The lowest BCUT2D eigenvalue weighted by Gasteiger charge is -2.18. The summed E-state index contributed by atoms with van der Waals surface area (Å²) in [5, 5.41) is 0. The van der Waals surface area contributed by atoms with Gasteiger partial charge in [-0.25, -0.2) is 0 Å². The number of allylic oxidation sites excluding steroid dienone is 12. The van der Waals surface area contributed by atoms with Gasteiger partial charge in [0.25, 0.3) is 0 Å². The molecule has 0 N–H and O–H groups in total. The van der Waals surface area contributed by atoms with Crippen LogP contribution in [-0.2, 0) is 28.6 Å². The molecule has 0 aliphatic heterocycles. The average Bonchev–Trinajstić information content (AvgIpc) is 3.19. The van der Waals surface area contributed by atoms with Gasteiger partial charge in [-0.1, -0.05) is 190 Å². The van der Waals surface area contributed by atoms with Crippen molar-refractivity contribution in [2.45, 2.75) is 213 Å². The average molecular weight is 781 g/mol. The lowest BCUT2D eigenvalue weighted by atomic mass is 10.1. The second-order valence-corrected chi connectivity index (χ2v) is 14.9. The fourth-order valence-corrected chi connectivity index (χ4v) is 6.03. The van der Waals surface area contributed by atoms with Crippen LogP contribution in [0.5, 0.6) is 0 Å². The zero-order chi connectivity index (χ0) is 40.8. The monoisotopic (exact) mass is 781 g/mol. The zero-order valence-corrected chi connectivity index (χ0v) is 36.4. The Kier molecular flexibility index (Phi) is 42.1. The second kappa shape index (κ2) is 44.6. The standard InChI is InChI=1S/C50H84O6/c1-4-7-10-13-15-16-17-18-19-20-21-22-23-24-25-26-27-28-29-30-31-32-33-34-35-38-40-43-49(52)55-46-47(45-54-48(51)42-39-36-12-9-6-3)56-50(53)44-41-37-14-11-8-5-2/h7,10,15-16,18-19,21-22,24-25,27-28,47H,4-6,8-9,11-14,17,20,23,26,29-46H2,1-3H3/b10-7-,16-15-,19-18-,22-21-,25-24-,28-27-. The Morgan fingerprint density at radius 1 is 0.375 bits per heavy atom. The van der Waals surface area contributed by atoms with Crippen molar-refractivity contribution in [3.05, 3.63) is 72.9 Å². The molecule has 0 aliphatic carbocycles. The van der Waals surface area contributed by atoms with Crippen LogP contribution in [0, 0.1) is 0 Å². The molecule has 0 saturated heterocycles. The van der Waals surface area contributed by atoms with Crippen molar-refractivity contribution in [3.8, 4) is 0 Å². The van der Waals surface area contributed by atoms with Crippen LogP contribution >= 0.6 is 0 Å².